The van der Waals surface area contributed by atoms with Crippen molar-refractivity contribution in [3.63, 3.8) is 0 Å². The molecule has 1 amide bonds. The van der Waals surface area contributed by atoms with Crippen LogP contribution < -0.4 is 5.32 Å². The number of anilines is 1. The van der Waals surface area contributed by atoms with Crippen LogP contribution in [0.1, 0.15) is 34.8 Å². The molecule has 0 aliphatic carbocycles. The third-order valence-corrected chi connectivity index (χ3v) is 5.70. The van der Waals surface area contributed by atoms with Gasteiger partial charge in [-0.15, -0.1) is 0 Å². The number of hydrogen-bond donors (Lipinski definition) is 4. The number of carbonyl (C=O) groups excluding carboxylic acids is 1. The predicted molar refractivity (Wildman–Crippen MR) is 115 cm³/mol. The van der Waals surface area contributed by atoms with Crippen molar-refractivity contribution in [2.24, 2.45) is 5.92 Å². The molecule has 1 aliphatic rings. The van der Waals surface area contributed by atoms with Crippen LogP contribution in [-0.4, -0.2) is 51.0 Å². The monoisotopic (exact) mass is 421 g/mol. The normalized spacial score (nSPS) is 17.9. The largest absolute Gasteiger partial charge is 0.481 e. The van der Waals surface area contributed by atoms with E-state index in [0.717, 1.165) is 5.52 Å². The number of carboxylic acids is 2. The van der Waals surface area contributed by atoms with Gasteiger partial charge >= 0.3 is 11.9 Å². The standard InChI is InChI=1S/C23H23N3O5/c27-21(14-5-2-1-3-6-14)25-16-8-9-19-17(11-16)18(12-24-19)20(23(30)31)26-10-4-7-15(13-26)22(28)29/h1-3,5-6,8-9,11-12,15,20,24H,4,7,10,13H2,(H,25,27)(H,28,29)(H,30,31)/t15-,20-/m1/s1. The zero-order valence-electron chi connectivity index (χ0n) is 16.7. The topological polar surface area (TPSA) is 123 Å². The summed E-state index contributed by atoms with van der Waals surface area (Å²) in [6.07, 6.45) is 2.82. The van der Waals surface area contributed by atoms with Gasteiger partial charge in [-0.3, -0.25) is 19.3 Å². The first-order valence-electron chi connectivity index (χ1n) is 10.1. The van der Waals surface area contributed by atoms with Crippen LogP contribution in [0.15, 0.2) is 54.7 Å². The number of aliphatic carboxylic acids is 2. The van der Waals surface area contributed by atoms with Gasteiger partial charge in [0.15, 0.2) is 0 Å². The maximum Gasteiger partial charge on any atom is 0.325 e. The van der Waals surface area contributed by atoms with Crippen LogP contribution >= 0.6 is 0 Å². The van der Waals surface area contributed by atoms with Gasteiger partial charge in [0, 0.05) is 40.5 Å². The Morgan fingerprint density at radius 3 is 2.58 bits per heavy atom. The molecular weight excluding hydrogens is 398 g/mol. The lowest BCUT2D eigenvalue weighted by atomic mass is 9.94. The van der Waals surface area contributed by atoms with E-state index >= 15 is 0 Å². The summed E-state index contributed by atoms with van der Waals surface area (Å²) < 4.78 is 0. The van der Waals surface area contributed by atoms with Crippen LogP contribution in [0.25, 0.3) is 10.9 Å². The third kappa shape index (κ3) is 4.29. The Hall–Kier alpha value is -3.65. The first-order chi connectivity index (χ1) is 14.9. The fraction of sp³-hybridized carbons (Fsp3) is 0.261. The van der Waals surface area contributed by atoms with Gasteiger partial charge in [-0.25, -0.2) is 0 Å². The lowest BCUT2D eigenvalue weighted by Crippen LogP contribution is -2.43. The highest BCUT2D eigenvalue weighted by molar-refractivity contribution is 6.05. The molecule has 0 unspecified atom stereocenters. The van der Waals surface area contributed by atoms with Crippen molar-refractivity contribution < 1.29 is 24.6 Å². The molecule has 0 spiro atoms. The molecule has 2 heterocycles. The molecule has 8 heteroatoms. The Labute approximate surface area is 178 Å². The minimum atomic E-state index is -1.04. The molecule has 1 saturated heterocycles. The summed E-state index contributed by atoms with van der Waals surface area (Å²) >= 11 is 0. The van der Waals surface area contributed by atoms with Crippen molar-refractivity contribution in [3.8, 4) is 0 Å². The minimum absolute atomic E-state index is 0.184. The fourth-order valence-electron chi connectivity index (χ4n) is 4.17. The number of benzene rings is 2. The van der Waals surface area contributed by atoms with E-state index in [-0.39, 0.29) is 12.5 Å². The van der Waals surface area contributed by atoms with Gasteiger partial charge in [0.05, 0.1) is 5.92 Å². The molecular formula is C23H23N3O5. The van der Waals surface area contributed by atoms with Crippen LogP contribution in [0, 0.1) is 5.92 Å². The number of piperidine rings is 1. The van der Waals surface area contributed by atoms with Crippen LogP contribution in [0.5, 0.6) is 0 Å². The maximum absolute atomic E-state index is 12.5. The first kappa shape index (κ1) is 20.6. The molecule has 8 nitrogen and oxygen atoms in total. The number of H-pyrrole nitrogens is 1. The van der Waals surface area contributed by atoms with Gasteiger partial charge in [0.1, 0.15) is 6.04 Å². The summed E-state index contributed by atoms with van der Waals surface area (Å²) in [4.78, 5) is 40.9. The molecule has 1 fully saturated rings. The van der Waals surface area contributed by atoms with Crippen molar-refractivity contribution in [2.75, 3.05) is 18.4 Å². The molecule has 2 atom stereocenters. The van der Waals surface area contributed by atoms with Crippen molar-refractivity contribution in [1.82, 2.24) is 9.88 Å². The number of nitrogens with one attached hydrogen (secondary N) is 2. The highest BCUT2D eigenvalue weighted by atomic mass is 16.4. The Kier molecular flexibility index (Phi) is 5.73. The van der Waals surface area contributed by atoms with Crippen molar-refractivity contribution >= 4 is 34.4 Å². The Bertz CT molecular complexity index is 1120. The molecule has 31 heavy (non-hydrogen) atoms. The van der Waals surface area contributed by atoms with E-state index in [1.54, 1.807) is 53.6 Å². The van der Waals surface area contributed by atoms with Crippen molar-refractivity contribution in [2.45, 2.75) is 18.9 Å². The highest BCUT2D eigenvalue weighted by Crippen LogP contribution is 2.33. The van der Waals surface area contributed by atoms with E-state index in [0.29, 0.717) is 41.6 Å². The summed E-state index contributed by atoms with van der Waals surface area (Å²) in [5.74, 6) is -2.78. The van der Waals surface area contributed by atoms with Gasteiger partial charge in [-0.05, 0) is 49.7 Å². The first-order valence-corrected chi connectivity index (χ1v) is 10.1. The second-order valence-electron chi connectivity index (χ2n) is 7.74. The molecule has 160 valence electrons. The number of fused-ring (bicyclic) bond motifs is 1. The predicted octanol–water partition coefficient (Wildman–Crippen LogP) is 3.34. The number of aromatic nitrogens is 1. The molecule has 4 N–H and O–H groups in total. The van der Waals surface area contributed by atoms with E-state index in [2.05, 4.69) is 10.3 Å². The van der Waals surface area contributed by atoms with E-state index in [4.69, 9.17) is 0 Å². The van der Waals surface area contributed by atoms with Crippen molar-refractivity contribution in [1.29, 1.82) is 0 Å². The molecule has 4 rings (SSSR count). The summed E-state index contributed by atoms with van der Waals surface area (Å²) in [6, 6.07) is 13.1. The molecule has 0 bridgehead atoms. The second-order valence-corrected chi connectivity index (χ2v) is 7.74. The van der Waals surface area contributed by atoms with E-state index in [1.807, 2.05) is 6.07 Å². The lowest BCUT2D eigenvalue weighted by Gasteiger charge is -2.34. The molecule has 1 aliphatic heterocycles. The third-order valence-electron chi connectivity index (χ3n) is 5.70. The number of aromatic amines is 1. The number of nitrogens with zero attached hydrogens (tertiary/aromatic N) is 1. The van der Waals surface area contributed by atoms with Crippen LogP contribution in [0.3, 0.4) is 0 Å². The lowest BCUT2D eigenvalue weighted by molar-refractivity contribution is -0.149. The zero-order valence-corrected chi connectivity index (χ0v) is 16.7. The van der Waals surface area contributed by atoms with E-state index in [1.165, 1.54) is 0 Å². The fourth-order valence-corrected chi connectivity index (χ4v) is 4.17. The van der Waals surface area contributed by atoms with Gasteiger partial charge in [0.25, 0.3) is 5.91 Å². The Balaban J connectivity index is 1.64. The summed E-state index contributed by atoms with van der Waals surface area (Å²) in [7, 11) is 0. The van der Waals surface area contributed by atoms with Gasteiger partial charge in [-0.2, -0.15) is 0 Å². The van der Waals surface area contributed by atoms with E-state index in [9.17, 15) is 24.6 Å². The van der Waals surface area contributed by atoms with Crippen LogP contribution in [0.4, 0.5) is 5.69 Å². The van der Waals surface area contributed by atoms with Gasteiger partial charge in [0.2, 0.25) is 0 Å². The average molecular weight is 421 g/mol. The van der Waals surface area contributed by atoms with Crippen molar-refractivity contribution in [3.05, 3.63) is 65.9 Å². The summed E-state index contributed by atoms with van der Waals surface area (Å²) in [6.45, 7) is 0.696. The smallest absolute Gasteiger partial charge is 0.325 e. The second kappa shape index (κ2) is 8.61. The summed E-state index contributed by atoms with van der Waals surface area (Å²) in [5, 5.41) is 22.9. The van der Waals surface area contributed by atoms with Crippen LogP contribution in [0.2, 0.25) is 0 Å². The summed E-state index contributed by atoms with van der Waals surface area (Å²) in [5.41, 5.74) is 2.36. The number of amides is 1. The highest BCUT2D eigenvalue weighted by Gasteiger charge is 2.35. The molecule has 0 radical (unpaired) electrons. The molecule has 0 saturated carbocycles. The SMILES string of the molecule is O=C(Nc1ccc2[nH]cc([C@H](C(=O)O)N3CCC[C@@H](C(=O)O)C3)c2c1)c1ccccc1. The number of carboxylic acid groups (broad SMARTS) is 2. The molecule has 3 aromatic rings. The van der Waals surface area contributed by atoms with E-state index < -0.39 is 23.9 Å². The molecule has 1 aromatic heterocycles. The number of carbonyl (C=O) groups is 3. The van der Waals surface area contributed by atoms with Crippen LogP contribution in [-0.2, 0) is 9.59 Å². The van der Waals surface area contributed by atoms with Gasteiger partial charge < -0.3 is 20.5 Å². The Morgan fingerprint density at radius 2 is 1.87 bits per heavy atom. The minimum Gasteiger partial charge on any atom is -0.481 e. The number of hydrogen-bond acceptors (Lipinski definition) is 4. The van der Waals surface area contributed by atoms with Gasteiger partial charge in [-0.1, -0.05) is 18.2 Å². The Morgan fingerprint density at radius 1 is 1.10 bits per heavy atom. The molecule has 2 aromatic carbocycles. The number of likely N-dealkylation sites (tertiary alicyclic amines) is 1. The maximum atomic E-state index is 12.5. The zero-order chi connectivity index (χ0) is 22.0. The average Bonchev–Trinajstić information content (AvgIpc) is 3.17. The quantitative estimate of drug-likeness (QED) is 0.484. The number of rotatable bonds is 6.